The molecule has 1 saturated carbocycles. The second-order valence-electron chi connectivity index (χ2n) is 5.23. The summed E-state index contributed by atoms with van der Waals surface area (Å²) in [5.41, 5.74) is 3.98. The summed E-state index contributed by atoms with van der Waals surface area (Å²) in [6.45, 7) is 0. The van der Waals surface area contributed by atoms with Crippen molar-refractivity contribution in [2.45, 2.75) is 25.2 Å². The van der Waals surface area contributed by atoms with Crippen LogP contribution in [0.4, 0.5) is 0 Å². The smallest absolute Gasteiger partial charge is 0.224 e. The molecular weight excluding hydrogens is 272 g/mol. The third-order valence-electron chi connectivity index (χ3n) is 4.02. The zero-order chi connectivity index (χ0) is 13.5. The standard InChI is InChI=1S/C15H13ClN4/c16-15-18-13(12-8-17-20-14(12)19-15)11-6-2-5-10(7-11)9-3-1-4-9/h2,5-9H,1,3-4H2,(H,17,18,19,20). The molecule has 1 aliphatic carbocycles. The Kier molecular flexibility index (Phi) is 2.70. The fourth-order valence-electron chi connectivity index (χ4n) is 2.71. The van der Waals surface area contributed by atoms with Gasteiger partial charge in [-0.1, -0.05) is 24.6 Å². The molecule has 0 saturated heterocycles. The number of fused-ring (bicyclic) bond motifs is 1. The van der Waals surface area contributed by atoms with E-state index in [2.05, 4.69) is 44.4 Å². The minimum absolute atomic E-state index is 0.241. The first-order valence-electron chi connectivity index (χ1n) is 6.78. The fraction of sp³-hybridized carbons (Fsp3) is 0.267. The summed E-state index contributed by atoms with van der Waals surface area (Å²) in [6.07, 6.45) is 5.65. The van der Waals surface area contributed by atoms with Gasteiger partial charge in [-0.3, -0.25) is 5.10 Å². The molecule has 0 atom stereocenters. The number of halogens is 1. The maximum atomic E-state index is 6.00. The summed E-state index contributed by atoms with van der Waals surface area (Å²) in [4.78, 5) is 8.53. The van der Waals surface area contributed by atoms with Crippen LogP contribution in [0.1, 0.15) is 30.7 Å². The molecule has 0 amide bonds. The number of nitrogens with one attached hydrogen (secondary N) is 1. The molecule has 100 valence electrons. The van der Waals surface area contributed by atoms with Crippen molar-refractivity contribution in [1.82, 2.24) is 20.2 Å². The molecule has 1 aliphatic rings. The maximum absolute atomic E-state index is 6.00. The van der Waals surface area contributed by atoms with Crippen molar-refractivity contribution >= 4 is 22.6 Å². The molecule has 4 rings (SSSR count). The predicted molar refractivity (Wildman–Crippen MR) is 78.7 cm³/mol. The van der Waals surface area contributed by atoms with E-state index in [1.807, 2.05) is 0 Å². The SMILES string of the molecule is Clc1nc(-c2cccc(C3CCC3)c2)c2cn[nH]c2n1. The molecule has 1 N–H and O–H groups in total. The van der Waals surface area contributed by atoms with Gasteiger partial charge in [-0.2, -0.15) is 10.1 Å². The Labute approximate surface area is 121 Å². The summed E-state index contributed by atoms with van der Waals surface area (Å²) >= 11 is 6.00. The van der Waals surface area contributed by atoms with Crippen molar-refractivity contribution in [3.63, 3.8) is 0 Å². The molecule has 0 radical (unpaired) electrons. The lowest BCUT2D eigenvalue weighted by Gasteiger charge is -2.26. The topological polar surface area (TPSA) is 54.5 Å². The Hall–Kier alpha value is -1.94. The van der Waals surface area contributed by atoms with Gasteiger partial charge in [0, 0.05) is 5.56 Å². The number of hydrogen-bond donors (Lipinski definition) is 1. The number of hydrogen-bond acceptors (Lipinski definition) is 3. The van der Waals surface area contributed by atoms with Crippen molar-refractivity contribution in [2.75, 3.05) is 0 Å². The molecule has 3 aromatic rings. The van der Waals surface area contributed by atoms with Crippen molar-refractivity contribution in [3.8, 4) is 11.3 Å². The van der Waals surface area contributed by atoms with Crippen molar-refractivity contribution < 1.29 is 0 Å². The van der Waals surface area contributed by atoms with Gasteiger partial charge in [-0.25, -0.2) is 4.98 Å². The van der Waals surface area contributed by atoms with Crippen LogP contribution in [0.25, 0.3) is 22.3 Å². The molecule has 2 heterocycles. The van der Waals surface area contributed by atoms with Crippen LogP contribution in [0.2, 0.25) is 5.28 Å². The molecule has 5 heteroatoms. The van der Waals surface area contributed by atoms with E-state index in [4.69, 9.17) is 11.6 Å². The Morgan fingerprint density at radius 2 is 2.10 bits per heavy atom. The highest BCUT2D eigenvalue weighted by molar-refractivity contribution is 6.28. The third-order valence-corrected chi connectivity index (χ3v) is 4.19. The highest BCUT2D eigenvalue weighted by atomic mass is 35.5. The summed E-state index contributed by atoms with van der Waals surface area (Å²) in [5.74, 6) is 0.701. The normalized spacial score (nSPS) is 15.4. The fourth-order valence-corrected chi connectivity index (χ4v) is 2.88. The zero-order valence-electron chi connectivity index (χ0n) is 10.8. The van der Waals surface area contributed by atoms with Gasteiger partial charge in [0.05, 0.1) is 17.3 Å². The van der Waals surface area contributed by atoms with Crippen LogP contribution < -0.4 is 0 Å². The maximum Gasteiger partial charge on any atom is 0.224 e. The van der Waals surface area contributed by atoms with Crippen LogP contribution in [-0.2, 0) is 0 Å². The third kappa shape index (κ3) is 1.88. The summed E-state index contributed by atoms with van der Waals surface area (Å²) in [6, 6.07) is 8.57. The number of benzene rings is 1. The van der Waals surface area contributed by atoms with Gasteiger partial charge >= 0.3 is 0 Å². The zero-order valence-corrected chi connectivity index (χ0v) is 11.6. The highest BCUT2D eigenvalue weighted by Gasteiger charge is 2.20. The van der Waals surface area contributed by atoms with Crippen molar-refractivity contribution in [1.29, 1.82) is 0 Å². The van der Waals surface area contributed by atoms with Crippen molar-refractivity contribution in [2.24, 2.45) is 0 Å². The molecule has 20 heavy (non-hydrogen) atoms. The Morgan fingerprint density at radius 1 is 1.20 bits per heavy atom. The molecule has 0 aliphatic heterocycles. The van der Waals surface area contributed by atoms with E-state index < -0.39 is 0 Å². The summed E-state index contributed by atoms with van der Waals surface area (Å²) in [7, 11) is 0. The van der Waals surface area contributed by atoms with Gasteiger partial charge in [0.2, 0.25) is 5.28 Å². The second kappa shape index (κ2) is 4.56. The minimum Gasteiger partial charge on any atom is -0.261 e. The first kappa shape index (κ1) is 11.9. The van der Waals surface area contributed by atoms with Crippen LogP contribution in [0.3, 0.4) is 0 Å². The molecule has 1 aromatic carbocycles. The van der Waals surface area contributed by atoms with Crippen molar-refractivity contribution in [3.05, 3.63) is 41.3 Å². The first-order chi connectivity index (χ1) is 9.81. The molecule has 4 nitrogen and oxygen atoms in total. The van der Waals surface area contributed by atoms with Crippen LogP contribution in [0.15, 0.2) is 30.5 Å². The van der Waals surface area contributed by atoms with E-state index >= 15 is 0 Å². The molecule has 0 spiro atoms. The number of nitrogens with zero attached hydrogens (tertiary/aromatic N) is 3. The van der Waals surface area contributed by atoms with Gasteiger partial charge in [0.1, 0.15) is 0 Å². The van der Waals surface area contributed by atoms with E-state index in [0.717, 1.165) is 16.6 Å². The highest BCUT2D eigenvalue weighted by Crippen LogP contribution is 2.38. The van der Waals surface area contributed by atoms with Crippen LogP contribution in [0.5, 0.6) is 0 Å². The van der Waals surface area contributed by atoms with Gasteiger partial charge in [-0.05, 0) is 42.0 Å². The average molecular weight is 285 g/mol. The monoisotopic (exact) mass is 284 g/mol. The van der Waals surface area contributed by atoms with Crippen LogP contribution in [-0.4, -0.2) is 20.2 Å². The Bertz CT molecular complexity index is 776. The first-order valence-corrected chi connectivity index (χ1v) is 7.16. The summed E-state index contributed by atoms with van der Waals surface area (Å²) in [5, 5.41) is 8.02. The Balaban J connectivity index is 1.87. The largest absolute Gasteiger partial charge is 0.261 e. The number of aromatic nitrogens is 4. The lowest BCUT2D eigenvalue weighted by Crippen LogP contribution is -2.08. The van der Waals surface area contributed by atoms with Crippen LogP contribution >= 0.6 is 11.6 Å². The molecular formula is C15H13ClN4. The quantitative estimate of drug-likeness (QED) is 0.725. The lowest BCUT2D eigenvalue weighted by molar-refractivity contribution is 0.420. The lowest BCUT2D eigenvalue weighted by atomic mass is 9.79. The number of rotatable bonds is 2. The van der Waals surface area contributed by atoms with Gasteiger partial charge in [0.25, 0.3) is 0 Å². The second-order valence-corrected chi connectivity index (χ2v) is 5.56. The van der Waals surface area contributed by atoms with E-state index in [0.29, 0.717) is 11.6 Å². The van der Waals surface area contributed by atoms with E-state index in [-0.39, 0.29) is 5.28 Å². The van der Waals surface area contributed by atoms with Gasteiger partial charge in [-0.15, -0.1) is 0 Å². The van der Waals surface area contributed by atoms with E-state index in [1.54, 1.807) is 6.20 Å². The van der Waals surface area contributed by atoms with Gasteiger partial charge in [0.15, 0.2) is 5.65 Å². The Morgan fingerprint density at radius 3 is 2.90 bits per heavy atom. The molecule has 0 bridgehead atoms. The molecule has 1 fully saturated rings. The van der Waals surface area contributed by atoms with E-state index in [9.17, 15) is 0 Å². The molecule has 0 unspecified atom stereocenters. The van der Waals surface area contributed by atoms with Crippen LogP contribution in [0, 0.1) is 0 Å². The average Bonchev–Trinajstić information content (AvgIpc) is 2.84. The number of H-pyrrole nitrogens is 1. The predicted octanol–water partition coefficient (Wildman–Crippen LogP) is 3.94. The van der Waals surface area contributed by atoms with Gasteiger partial charge < -0.3 is 0 Å². The van der Waals surface area contributed by atoms with E-state index in [1.165, 1.54) is 24.8 Å². The number of aromatic amines is 1. The minimum atomic E-state index is 0.241. The summed E-state index contributed by atoms with van der Waals surface area (Å²) < 4.78 is 0. The molecule has 2 aromatic heterocycles.